The Labute approximate surface area is 174 Å². The lowest BCUT2D eigenvalue weighted by molar-refractivity contribution is 0.101. The highest BCUT2D eigenvalue weighted by Crippen LogP contribution is 2.22. The van der Waals surface area contributed by atoms with E-state index >= 15 is 0 Å². The number of hydrogen-bond acceptors (Lipinski definition) is 3. The molecule has 0 bridgehead atoms. The van der Waals surface area contributed by atoms with Crippen molar-refractivity contribution in [2.24, 2.45) is 0 Å². The number of aromatic nitrogens is 1. The summed E-state index contributed by atoms with van der Waals surface area (Å²) in [5, 5.41) is 6.78. The van der Waals surface area contributed by atoms with Gasteiger partial charge in [-0.2, -0.15) is 0 Å². The SMILES string of the molecule is Cc1cccc(NC(=O)c2ccc(C(=O)Nc3cccc4cccnc34)cc2)c1C. The minimum Gasteiger partial charge on any atom is -0.322 e. The second-order valence-corrected chi connectivity index (χ2v) is 7.11. The van der Waals surface area contributed by atoms with Crippen molar-refractivity contribution in [1.82, 2.24) is 4.98 Å². The molecule has 4 aromatic rings. The van der Waals surface area contributed by atoms with Gasteiger partial charge in [-0.25, -0.2) is 0 Å². The Bertz CT molecular complexity index is 1240. The fraction of sp³-hybridized carbons (Fsp3) is 0.0800. The van der Waals surface area contributed by atoms with Crippen molar-refractivity contribution >= 4 is 34.1 Å². The molecule has 0 saturated carbocycles. The van der Waals surface area contributed by atoms with Gasteiger partial charge in [0.25, 0.3) is 11.8 Å². The Morgan fingerprint density at radius 1 is 0.700 bits per heavy atom. The van der Waals surface area contributed by atoms with E-state index in [0.717, 1.165) is 27.7 Å². The molecule has 0 fully saturated rings. The lowest BCUT2D eigenvalue weighted by Crippen LogP contribution is -2.15. The molecule has 0 unspecified atom stereocenters. The van der Waals surface area contributed by atoms with Gasteiger partial charge in [0.05, 0.1) is 11.2 Å². The summed E-state index contributed by atoms with van der Waals surface area (Å²) in [7, 11) is 0. The van der Waals surface area contributed by atoms with Gasteiger partial charge >= 0.3 is 0 Å². The summed E-state index contributed by atoms with van der Waals surface area (Å²) < 4.78 is 0. The number of nitrogens with zero attached hydrogens (tertiary/aromatic N) is 1. The molecule has 0 radical (unpaired) electrons. The zero-order valence-electron chi connectivity index (χ0n) is 16.8. The molecule has 3 aromatic carbocycles. The van der Waals surface area contributed by atoms with Crippen LogP contribution in [0.1, 0.15) is 31.8 Å². The van der Waals surface area contributed by atoms with Gasteiger partial charge in [-0.05, 0) is 67.4 Å². The minimum atomic E-state index is -0.255. The number of fused-ring (bicyclic) bond motifs is 1. The molecule has 0 aliphatic carbocycles. The topological polar surface area (TPSA) is 71.1 Å². The largest absolute Gasteiger partial charge is 0.322 e. The van der Waals surface area contributed by atoms with Crippen molar-refractivity contribution in [3.8, 4) is 0 Å². The summed E-state index contributed by atoms with van der Waals surface area (Å²) in [4.78, 5) is 29.6. The monoisotopic (exact) mass is 395 g/mol. The number of nitrogens with one attached hydrogen (secondary N) is 2. The molecule has 4 rings (SSSR count). The summed E-state index contributed by atoms with van der Waals surface area (Å²) in [5.41, 5.74) is 5.26. The van der Waals surface area contributed by atoms with Gasteiger partial charge in [0.1, 0.15) is 0 Å². The Morgan fingerprint density at radius 3 is 1.97 bits per heavy atom. The third kappa shape index (κ3) is 3.91. The highest BCUT2D eigenvalue weighted by Gasteiger charge is 2.12. The number of rotatable bonds is 4. The molecule has 0 spiro atoms. The molecular weight excluding hydrogens is 374 g/mol. The Kier molecular flexibility index (Phi) is 5.26. The van der Waals surface area contributed by atoms with Crippen molar-refractivity contribution in [1.29, 1.82) is 0 Å². The first kappa shape index (κ1) is 19.3. The zero-order valence-corrected chi connectivity index (χ0v) is 16.8. The van der Waals surface area contributed by atoms with E-state index in [4.69, 9.17) is 0 Å². The van der Waals surface area contributed by atoms with E-state index in [9.17, 15) is 9.59 Å². The average Bonchev–Trinajstić information content (AvgIpc) is 2.77. The van der Waals surface area contributed by atoms with Gasteiger partial charge in [-0.3, -0.25) is 14.6 Å². The van der Waals surface area contributed by atoms with E-state index in [1.54, 1.807) is 30.5 Å². The molecule has 5 heteroatoms. The van der Waals surface area contributed by atoms with Crippen molar-refractivity contribution in [3.63, 3.8) is 0 Å². The van der Waals surface area contributed by atoms with Gasteiger partial charge in [0, 0.05) is 28.4 Å². The molecule has 148 valence electrons. The van der Waals surface area contributed by atoms with Crippen molar-refractivity contribution in [3.05, 3.63) is 101 Å². The van der Waals surface area contributed by atoms with Gasteiger partial charge in [-0.1, -0.05) is 30.3 Å². The number of aryl methyl sites for hydroxylation is 1. The molecule has 30 heavy (non-hydrogen) atoms. The summed E-state index contributed by atoms with van der Waals surface area (Å²) in [5.74, 6) is -0.469. The van der Waals surface area contributed by atoms with Crippen LogP contribution in [0.2, 0.25) is 0 Å². The minimum absolute atomic E-state index is 0.214. The van der Waals surface area contributed by atoms with Crippen LogP contribution in [0.25, 0.3) is 10.9 Å². The normalized spacial score (nSPS) is 10.6. The maximum absolute atomic E-state index is 12.7. The molecule has 0 saturated heterocycles. The lowest BCUT2D eigenvalue weighted by Gasteiger charge is -2.11. The average molecular weight is 395 g/mol. The van der Waals surface area contributed by atoms with Crippen molar-refractivity contribution < 1.29 is 9.59 Å². The van der Waals surface area contributed by atoms with Crippen molar-refractivity contribution in [2.75, 3.05) is 10.6 Å². The number of hydrogen-bond donors (Lipinski definition) is 2. The van der Waals surface area contributed by atoms with E-state index in [2.05, 4.69) is 15.6 Å². The molecule has 1 heterocycles. The fourth-order valence-corrected chi connectivity index (χ4v) is 3.25. The Hall–Kier alpha value is -3.99. The maximum atomic E-state index is 12.7. The number of pyridine rings is 1. The van der Waals surface area contributed by atoms with Crippen LogP contribution in [0.4, 0.5) is 11.4 Å². The summed E-state index contributed by atoms with van der Waals surface area (Å²) in [6.07, 6.45) is 1.70. The number of carbonyl (C=O) groups excluding carboxylic acids is 2. The van der Waals surface area contributed by atoms with E-state index in [1.165, 1.54) is 0 Å². The molecule has 2 amide bonds. The number of amides is 2. The quantitative estimate of drug-likeness (QED) is 0.489. The Balaban J connectivity index is 1.49. The van der Waals surface area contributed by atoms with E-state index in [1.807, 2.05) is 62.4 Å². The van der Waals surface area contributed by atoms with Crippen LogP contribution in [0.15, 0.2) is 79.0 Å². The summed E-state index contributed by atoms with van der Waals surface area (Å²) in [6.45, 7) is 3.98. The first-order valence-electron chi connectivity index (χ1n) is 9.65. The van der Waals surface area contributed by atoms with Gasteiger partial charge in [-0.15, -0.1) is 0 Å². The molecule has 2 N–H and O–H groups in total. The van der Waals surface area contributed by atoms with Crippen LogP contribution in [-0.2, 0) is 0 Å². The molecule has 5 nitrogen and oxygen atoms in total. The highest BCUT2D eigenvalue weighted by molar-refractivity contribution is 6.09. The maximum Gasteiger partial charge on any atom is 0.255 e. The first-order chi connectivity index (χ1) is 14.5. The third-order valence-electron chi connectivity index (χ3n) is 5.14. The third-order valence-corrected chi connectivity index (χ3v) is 5.14. The smallest absolute Gasteiger partial charge is 0.255 e. The van der Waals surface area contributed by atoms with Crippen LogP contribution >= 0.6 is 0 Å². The van der Waals surface area contributed by atoms with Gasteiger partial charge in [0.2, 0.25) is 0 Å². The standard InChI is InChI=1S/C25H21N3O2/c1-16-6-3-9-21(17(16)2)27-24(29)19-11-13-20(14-12-19)25(30)28-22-10-4-7-18-8-5-15-26-23(18)22/h3-15H,1-2H3,(H,27,29)(H,28,30). The summed E-state index contributed by atoms with van der Waals surface area (Å²) in [6, 6.07) is 21.8. The first-order valence-corrected chi connectivity index (χ1v) is 9.65. The molecule has 0 aliphatic rings. The predicted molar refractivity (Wildman–Crippen MR) is 120 cm³/mol. The molecule has 0 aliphatic heterocycles. The number of anilines is 2. The van der Waals surface area contributed by atoms with E-state index < -0.39 is 0 Å². The number of para-hydroxylation sites is 1. The van der Waals surface area contributed by atoms with Crippen LogP contribution < -0.4 is 10.6 Å². The van der Waals surface area contributed by atoms with Crippen LogP contribution in [0, 0.1) is 13.8 Å². The number of carbonyl (C=O) groups is 2. The van der Waals surface area contributed by atoms with Crippen molar-refractivity contribution in [2.45, 2.75) is 13.8 Å². The second kappa shape index (κ2) is 8.17. The number of benzene rings is 3. The highest BCUT2D eigenvalue weighted by atomic mass is 16.2. The second-order valence-electron chi connectivity index (χ2n) is 7.11. The molecule has 1 aromatic heterocycles. The van der Waals surface area contributed by atoms with Crippen LogP contribution in [0.5, 0.6) is 0 Å². The predicted octanol–water partition coefficient (Wildman–Crippen LogP) is 5.36. The fourth-order valence-electron chi connectivity index (χ4n) is 3.25. The van der Waals surface area contributed by atoms with E-state index in [0.29, 0.717) is 16.8 Å². The zero-order chi connectivity index (χ0) is 21.1. The van der Waals surface area contributed by atoms with E-state index in [-0.39, 0.29) is 11.8 Å². The van der Waals surface area contributed by atoms with Crippen LogP contribution in [-0.4, -0.2) is 16.8 Å². The molecular formula is C25H21N3O2. The molecule has 0 atom stereocenters. The summed E-state index contributed by atoms with van der Waals surface area (Å²) >= 11 is 0. The van der Waals surface area contributed by atoms with Gasteiger partial charge < -0.3 is 10.6 Å². The Morgan fingerprint density at radius 2 is 1.27 bits per heavy atom. The lowest BCUT2D eigenvalue weighted by atomic mass is 10.1. The van der Waals surface area contributed by atoms with Crippen LogP contribution in [0.3, 0.4) is 0 Å². The van der Waals surface area contributed by atoms with Gasteiger partial charge in [0.15, 0.2) is 0 Å².